The summed E-state index contributed by atoms with van der Waals surface area (Å²) in [5.74, 6) is -0.400. The summed E-state index contributed by atoms with van der Waals surface area (Å²) in [5, 5.41) is 4.75. The van der Waals surface area contributed by atoms with Crippen molar-refractivity contribution >= 4 is 17.6 Å². The van der Waals surface area contributed by atoms with E-state index in [0.717, 1.165) is 19.3 Å². The van der Waals surface area contributed by atoms with Gasteiger partial charge in [0.2, 0.25) is 5.91 Å². The van der Waals surface area contributed by atoms with Gasteiger partial charge in [-0.2, -0.15) is 5.10 Å². The van der Waals surface area contributed by atoms with Crippen LogP contribution in [-0.2, 0) is 28.9 Å². The molecule has 1 fully saturated rings. The van der Waals surface area contributed by atoms with E-state index >= 15 is 0 Å². The lowest BCUT2D eigenvalue weighted by molar-refractivity contribution is -0.127. The van der Waals surface area contributed by atoms with Crippen LogP contribution in [0.3, 0.4) is 0 Å². The third kappa shape index (κ3) is 3.95. The number of aromatic nitrogens is 2. The highest BCUT2D eigenvalue weighted by molar-refractivity contribution is 5.98. The molecule has 0 spiro atoms. The van der Waals surface area contributed by atoms with Gasteiger partial charge in [-0.25, -0.2) is 4.68 Å². The fraction of sp³-hybridized carbons (Fsp3) is 0.435. The maximum Gasteiger partial charge on any atom is 0.254 e. The molecule has 8 nitrogen and oxygen atoms in total. The topological polar surface area (TPSA) is 116 Å². The summed E-state index contributed by atoms with van der Waals surface area (Å²) in [5.41, 5.74) is 15.6. The Hall–Kier alpha value is -3.13. The average molecular weight is 424 g/mol. The summed E-state index contributed by atoms with van der Waals surface area (Å²) in [7, 11) is 1.64. The van der Waals surface area contributed by atoms with Crippen molar-refractivity contribution in [2.45, 2.75) is 50.3 Å². The van der Waals surface area contributed by atoms with Crippen LogP contribution in [0.2, 0.25) is 0 Å². The molecular weight excluding hydrogens is 394 g/mol. The number of fused-ring (bicyclic) bond motifs is 1. The summed E-state index contributed by atoms with van der Waals surface area (Å²) < 4.78 is 7.09. The second-order valence-electron chi connectivity index (χ2n) is 8.34. The van der Waals surface area contributed by atoms with Gasteiger partial charge in [0, 0.05) is 19.6 Å². The van der Waals surface area contributed by atoms with Crippen molar-refractivity contribution in [3.63, 3.8) is 0 Å². The number of nitrogen functional groups attached to an aromatic ring is 1. The minimum atomic E-state index is -0.571. The number of rotatable bonds is 6. The molecule has 1 aromatic carbocycles. The summed E-state index contributed by atoms with van der Waals surface area (Å²) in [4.78, 5) is 26.3. The van der Waals surface area contributed by atoms with Gasteiger partial charge in [0.05, 0.1) is 24.4 Å². The molecular formula is C23H29N5O3. The second kappa shape index (κ2) is 8.55. The van der Waals surface area contributed by atoms with Gasteiger partial charge in [-0.3, -0.25) is 9.59 Å². The van der Waals surface area contributed by atoms with E-state index in [1.165, 1.54) is 17.2 Å². The van der Waals surface area contributed by atoms with Gasteiger partial charge in [-0.05, 0) is 42.9 Å². The predicted octanol–water partition coefficient (Wildman–Crippen LogP) is 1.64. The Morgan fingerprint density at radius 1 is 1.32 bits per heavy atom. The zero-order valence-electron chi connectivity index (χ0n) is 17.8. The Labute approximate surface area is 181 Å². The van der Waals surface area contributed by atoms with Crippen LogP contribution in [0, 0.1) is 0 Å². The van der Waals surface area contributed by atoms with Gasteiger partial charge in [0.25, 0.3) is 5.91 Å². The van der Waals surface area contributed by atoms with Crippen LogP contribution in [0.15, 0.2) is 36.9 Å². The highest BCUT2D eigenvalue weighted by Crippen LogP contribution is 2.35. The van der Waals surface area contributed by atoms with E-state index in [1.54, 1.807) is 16.7 Å². The molecule has 8 heteroatoms. The van der Waals surface area contributed by atoms with Crippen molar-refractivity contribution in [3.05, 3.63) is 59.3 Å². The van der Waals surface area contributed by atoms with Gasteiger partial charge in [-0.15, -0.1) is 0 Å². The number of primary amides is 1. The molecule has 1 aliphatic heterocycles. The van der Waals surface area contributed by atoms with E-state index in [1.807, 2.05) is 12.1 Å². The Morgan fingerprint density at radius 2 is 2.06 bits per heavy atom. The number of nitrogens with two attached hydrogens (primary N) is 2. The second-order valence-corrected chi connectivity index (χ2v) is 8.34. The van der Waals surface area contributed by atoms with E-state index in [9.17, 15) is 9.59 Å². The predicted molar refractivity (Wildman–Crippen MR) is 117 cm³/mol. The molecule has 2 aromatic rings. The summed E-state index contributed by atoms with van der Waals surface area (Å²) >= 11 is 0. The third-order valence-electron chi connectivity index (χ3n) is 6.55. The first kappa shape index (κ1) is 21.1. The van der Waals surface area contributed by atoms with E-state index in [-0.39, 0.29) is 29.8 Å². The number of ether oxygens (including phenoxy) is 1. The Bertz CT molecular complexity index is 1010. The summed E-state index contributed by atoms with van der Waals surface area (Å²) in [6.07, 6.45) is 4.50. The fourth-order valence-electron chi connectivity index (χ4n) is 4.91. The van der Waals surface area contributed by atoms with Crippen LogP contribution >= 0.6 is 0 Å². The van der Waals surface area contributed by atoms with E-state index in [2.05, 4.69) is 18.7 Å². The normalized spacial score (nSPS) is 22.9. The number of likely N-dealkylation sites (tertiary alicyclic amines) is 1. The Kier molecular flexibility index (Phi) is 5.82. The third-order valence-corrected chi connectivity index (χ3v) is 6.55. The highest BCUT2D eigenvalue weighted by atomic mass is 16.5. The minimum absolute atomic E-state index is 0.0596. The molecule has 4 N–H and O–H groups in total. The van der Waals surface area contributed by atoms with Crippen LogP contribution in [0.1, 0.15) is 45.9 Å². The lowest BCUT2D eigenvalue weighted by Crippen LogP contribution is -2.37. The van der Waals surface area contributed by atoms with Crippen LogP contribution in [0.4, 0.5) is 5.82 Å². The van der Waals surface area contributed by atoms with Crippen LogP contribution in [0.25, 0.3) is 0 Å². The van der Waals surface area contributed by atoms with Gasteiger partial charge < -0.3 is 21.1 Å². The number of hydrogen-bond donors (Lipinski definition) is 2. The zero-order chi connectivity index (χ0) is 22.1. The van der Waals surface area contributed by atoms with Crippen LogP contribution < -0.4 is 11.5 Å². The first-order valence-electron chi connectivity index (χ1n) is 10.6. The lowest BCUT2D eigenvalue weighted by Gasteiger charge is -2.24. The molecule has 0 unspecified atom stereocenters. The minimum Gasteiger partial charge on any atom is -0.383 e. The quantitative estimate of drug-likeness (QED) is 0.685. The maximum absolute atomic E-state index is 12.3. The summed E-state index contributed by atoms with van der Waals surface area (Å²) in [6, 6.07) is 8.18. The average Bonchev–Trinajstić information content (AvgIpc) is 3.34. The largest absolute Gasteiger partial charge is 0.383 e. The first-order valence-corrected chi connectivity index (χ1v) is 10.6. The molecule has 0 radical (unpaired) electrons. The van der Waals surface area contributed by atoms with Crippen molar-refractivity contribution in [2.24, 2.45) is 5.73 Å². The van der Waals surface area contributed by atoms with Gasteiger partial charge in [-0.1, -0.05) is 30.8 Å². The number of hydrogen-bond acceptors (Lipinski definition) is 5. The molecule has 31 heavy (non-hydrogen) atoms. The Balaban J connectivity index is 1.63. The number of carbonyl (C=O) groups excluding carboxylic acids is 2. The molecule has 1 aromatic heterocycles. The number of nitrogens with zero attached hydrogens (tertiary/aromatic N) is 3. The van der Waals surface area contributed by atoms with Crippen molar-refractivity contribution in [1.29, 1.82) is 0 Å². The molecule has 2 amide bonds. The number of aryl methyl sites for hydroxylation is 1. The van der Waals surface area contributed by atoms with E-state index in [4.69, 9.17) is 21.3 Å². The van der Waals surface area contributed by atoms with E-state index < -0.39 is 5.91 Å². The van der Waals surface area contributed by atoms with Crippen molar-refractivity contribution in [3.8, 4) is 0 Å². The standard InChI is InChI=1S/C23H29N5O3/c1-3-19(29)27-13-18(31-2)11-17(27)12-28-22(24)20(23(25)30)21(26-28)16-9-8-14-6-4-5-7-15(14)10-16/h3-7,16-18H,1,8-13,24H2,2H3,(H2,25,30)/t16-,17+,18-/m1/s1. The number of amides is 2. The first-order chi connectivity index (χ1) is 14.9. The zero-order valence-corrected chi connectivity index (χ0v) is 17.8. The number of carbonyl (C=O) groups is 2. The van der Waals surface area contributed by atoms with E-state index in [0.29, 0.717) is 30.8 Å². The molecule has 1 saturated heterocycles. The molecule has 164 valence electrons. The lowest BCUT2D eigenvalue weighted by atomic mass is 9.81. The van der Waals surface area contributed by atoms with Gasteiger partial charge >= 0.3 is 0 Å². The van der Waals surface area contributed by atoms with Gasteiger partial charge in [0.15, 0.2) is 0 Å². The number of benzene rings is 1. The SMILES string of the molecule is C=CC(=O)N1C[C@H](OC)C[C@H]1Cn1nc([C@@H]2CCc3ccccc3C2)c(C(N)=O)c1N. The van der Waals surface area contributed by atoms with Crippen molar-refractivity contribution in [2.75, 3.05) is 19.4 Å². The molecule has 2 aliphatic rings. The molecule has 0 saturated carbocycles. The smallest absolute Gasteiger partial charge is 0.254 e. The monoisotopic (exact) mass is 423 g/mol. The number of methoxy groups -OCH3 is 1. The fourth-order valence-corrected chi connectivity index (χ4v) is 4.91. The molecule has 1 aliphatic carbocycles. The molecule has 2 heterocycles. The molecule has 3 atom stereocenters. The van der Waals surface area contributed by atoms with Gasteiger partial charge in [0.1, 0.15) is 11.4 Å². The van der Waals surface area contributed by atoms with Crippen molar-refractivity contribution in [1.82, 2.24) is 14.7 Å². The Morgan fingerprint density at radius 3 is 2.74 bits per heavy atom. The maximum atomic E-state index is 12.3. The molecule has 4 rings (SSSR count). The van der Waals surface area contributed by atoms with Crippen LogP contribution in [0.5, 0.6) is 0 Å². The summed E-state index contributed by atoms with van der Waals surface area (Å²) in [6.45, 7) is 4.45. The van der Waals surface area contributed by atoms with Crippen LogP contribution in [-0.4, -0.2) is 52.3 Å². The molecule has 0 bridgehead atoms. The number of anilines is 1. The van der Waals surface area contributed by atoms with Crippen molar-refractivity contribution < 1.29 is 14.3 Å². The highest BCUT2D eigenvalue weighted by Gasteiger charge is 2.36.